The van der Waals surface area contributed by atoms with Crippen molar-refractivity contribution in [2.45, 2.75) is 45.4 Å². The summed E-state index contributed by atoms with van der Waals surface area (Å²) >= 11 is 0. The van der Waals surface area contributed by atoms with Crippen LogP contribution in [0.4, 0.5) is 15.9 Å². The third kappa shape index (κ3) is 5.61. The molecule has 0 unspecified atom stereocenters. The molecule has 6 heterocycles. The molecule has 0 N–H and O–H groups in total. The van der Waals surface area contributed by atoms with E-state index in [0.29, 0.717) is 67.2 Å². The Labute approximate surface area is 256 Å². The Balaban J connectivity index is 1.25. The Kier molecular flexibility index (Phi) is 7.90. The van der Waals surface area contributed by atoms with Crippen molar-refractivity contribution >= 4 is 22.4 Å². The van der Waals surface area contributed by atoms with E-state index in [1.165, 1.54) is 6.07 Å². The normalized spacial score (nSPS) is 19.0. The zero-order chi connectivity index (χ0) is 30.2. The highest BCUT2D eigenvalue weighted by Gasteiger charge is 2.31. The van der Waals surface area contributed by atoms with Crippen LogP contribution in [0.2, 0.25) is 0 Å². The SMILES string of the molecule is Cc1cc(CN(Cc2cn3c4c(c(N5CCN(C)CC5)c(F)cc4c2=O)OCC3)[C@H]2CCCN(c3cnccn3)C2)ccn1. The second kappa shape index (κ2) is 12.1. The average Bonchev–Trinajstić information content (AvgIpc) is 3.04. The summed E-state index contributed by atoms with van der Waals surface area (Å²) in [6.07, 6.45) is 11.1. The summed E-state index contributed by atoms with van der Waals surface area (Å²) in [6.45, 7) is 9.00. The van der Waals surface area contributed by atoms with Crippen molar-refractivity contribution in [1.29, 1.82) is 0 Å². The van der Waals surface area contributed by atoms with Gasteiger partial charge in [-0.05, 0) is 50.6 Å². The van der Waals surface area contributed by atoms with E-state index in [1.54, 1.807) is 12.4 Å². The molecule has 3 aliphatic rings. The number of likely N-dealkylation sites (N-methyl/N-ethyl adjacent to an activating group) is 1. The molecule has 0 radical (unpaired) electrons. The number of nitrogens with zero attached hydrogens (tertiary/aromatic N) is 8. The van der Waals surface area contributed by atoms with Crippen molar-refractivity contribution < 1.29 is 9.13 Å². The molecule has 10 nitrogen and oxygen atoms in total. The highest BCUT2D eigenvalue weighted by molar-refractivity contribution is 5.92. The summed E-state index contributed by atoms with van der Waals surface area (Å²) in [4.78, 5) is 36.3. The largest absolute Gasteiger partial charge is 0.487 e. The molecule has 7 rings (SSSR count). The number of aryl methyl sites for hydroxylation is 1. The fraction of sp³-hybridized carbons (Fsp3) is 0.455. The molecule has 0 bridgehead atoms. The van der Waals surface area contributed by atoms with Crippen LogP contribution in [0.1, 0.15) is 29.7 Å². The van der Waals surface area contributed by atoms with Gasteiger partial charge in [-0.25, -0.2) is 9.37 Å². The maximum Gasteiger partial charge on any atom is 0.194 e. The number of pyridine rings is 2. The summed E-state index contributed by atoms with van der Waals surface area (Å²) in [5.41, 5.74) is 3.82. The van der Waals surface area contributed by atoms with Gasteiger partial charge in [0.2, 0.25) is 0 Å². The molecule has 3 aromatic heterocycles. The van der Waals surface area contributed by atoms with Crippen LogP contribution in [0.15, 0.2) is 54.0 Å². The Bertz CT molecular complexity index is 1710. The van der Waals surface area contributed by atoms with Gasteiger partial charge in [0.15, 0.2) is 17.0 Å². The summed E-state index contributed by atoms with van der Waals surface area (Å²) in [6, 6.07) is 5.77. The molecule has 0 spiro atoms. The lowest BCUT2D eigenvalue weighted by molar-refractivity contribution is 0.157. The van der Waals surface area contributed by atoms with E-state index in [-0.39, 0.29) is 11.5 Å². The van der Waals surface area contributed by atoms with E-state index >= 15 is 4.39 Å². The number of rotatable bonds is 7. The zero-order valence-corrected chi connectivity index (χ0v) is 25.5. The number of halogens is 1. The molecule has 1 atom stereocenters. The number of hydrogen-bond acceptors (Lipinski definition) is 9. The van der Waals surface area contributed by atoms with Gasteiger partial charge >= 0.3 is 0 Å². The van der Waals surface area contributed by atoms with Crippen molar-refractivity contribution in [2.75, 3.05) is 62.7 Å². The minimum absolute atomic E-state index is 0.135. The van der Waals surface area contributed by atoms with Gasteiger partial charge in [-0.3, -0.25) is 19.7 Å². The Morgan fingerprint density at radius 3 is 2.68 bits per heavy atom. The Morgan fingerprint density at radius 2 is 1.89 bits per heavy atom. The van der Waals surface area contributed by atoms with Crippen LogP contribution in [0.25, 0.3) is 10.9 Å². The standard InChI is InChI=1S/C33H39FN8O2/c1-23-16-24(5-6-36-23)19-42(26-4-3-9-40(22-26)29-18-35-7-8-37-29)21-25-20-41-14-15-44-33-30(41)27(32(25)43)17-28(34)31(33)39-12-10-38(2)11-13-39/h5-8,16-18,20,26H,3-4,9-15,19,21-22H2,1-2H3/t26-/m0/s1. The van der Waals surface area contributed by atoms with Crippen LogP contribution in [0.5, 0.6) is 5.75 Å². The van der Waals surface area contributed by atoms with Crippen LogP contribution < -0.4 is 20.0 Å². The molecule has 2 saturated heterocycles. The lowest BCUT2D eigenvalue weighted by Crippen LogP contribution is -2.48. The number of benzene rings is 1. The van der Waals surface area contributed by atoms with Gasteiger partial charge in [-0.1, -0.05) is 0 Å². The molecule has 0 amide bonds. The van der Waals surface area contributed by atoms with Crippen LogP contribution in [-0.4, -0.2) is 88.3 Å². The van der Waals surface area contributed by atoms with E-state index in [1.807, 2.05) is 31.6 Å². The second-order valence-corrected chi connectivity index (χ2v) is 12.3. The minimum atomic E-state index is -0.393. The zero-order valence-electron chi connectivity index (χ0n) is 25.5. The number of hydrogen-bond donors (Lipinski definition) is 0. The van der Waals surface area contributed by atoms with E-state index in [0.717, 1.165) is 56.1 Å². The quantitative estimate of drug-likeness (QED) is 0.318. The number of piperidine rings is 1. The van der Waals surface area contributed by atoms with Gasteiger partial charge in [0.25, 0.3) is 0 Å². The summed E-state index contributed by atoms with van der Waals surface area (Å²) < 4.78 is 24.1. The first kappa shape index (κ1) is 28.7. The average molecular weight is 599 g/mol. The van der Waals surface area contributed by atoms with Crippen molar-refractivity contribution in [2.24, 2.45) is 0 Å². The smallest absolute Gasteiger partial charge is 0.194 e. The second-order valence-electron chi connectivity index (χ2n) is 12.3. The Morgan fingerprint density at radius 1 is 1.02 bits per heavy atom. The van der Waals surface area contributed by atoms with Gasteiger partial charge in [0.05, 0.1) is 23.6 Å². The maximum atomic E-state index is 15.9. The molecule has 0 saturated carbocycles. The molecule has 3 aliphatic heterocycles. The number of aromatic nitrogens is 4. The first-order chi connectivity index (χ1) is 21.4. The number of piperazine rings is 1. The van der Waals surface area contributed by atoms with Crippen LogP contribution in [0, 0.1) is 12.7 Å². The molecule has 1 aromatic carbocycles. The van der Waals surface area contributed by atoms with Crippen molar-refractivity contribution in [3.8, 4) is 5.75 Å². The molecular weight excluding hydrogens is 559 g/mol. The van der Waals surface area contributed by atoms with Crippen LogP contribution in [-0.2, 0) is 19.6 Å². The fourth-order valence-electron chi connectivity index (χ4n) is 6.93. The number of ether oxygens (including phenoxy) is 1. The first-order valence-corrected chi connectivity index (χ1v) is 15.6. The third-order valence-electron chi connectivity index (χ3n) is 9.22. The summed E-state index contributed by atoms with van der Waals surface area (Å²) in [7, 11) is 2.08. The van der Waals surface area contributed by atoms with Crippen molar-refractivity contribution in [3.63, 3.8) is 0 Å². The van der Waals surface area contributed by atoms with Crippen LogP contribution in [0.3, 0.4) is 0 Å². The Hall–Kier alpha value is -4.09. The van der Waals surface area contributed by atoms with Crippen LogP contribution >= 0.6 is 0 Å². The van der Waals surface area contributed by atoms with Gasteiger partial charge in [-0.15, -0.1) is 0 Å². The highest BCUT2D eigenvalue weighted by atomic mass is 19.1. The molecule has 230 valence electrons. The van der Waals surface area contributed by atoms with Crippen molar-refractivity contribution in [1.82, 2.24) is 29.3 Å². The molecule has 44 heavy (non-hydrogen) atoms. The molecule has 4 aromatic rings. The van der Waals surface area contributed by atoms with Gasteiger partial charge in [-0.2, -0.15) is 0 Å². The van der Waals surface area contributed by atoms with Gasteiger partial charge < -0.3 is 24.0 Å². The lowest BCUT2D eigenvalue weighted by Gasteiger charge is -2.40. The lowest BCUT2D eigenvalue weighted by atomic mass is 10.0. The molecule has 0 aliphatic carbocycles. The van der Waals surface area contributed by atoms with E-state index < -0.39 is 5.82 Å². The minimum Gasteiger partial charge on any atom is -0.487 e. The van der Waals surface area contributed by atoms with Crippen molar-refractivity contribution in [3.05, 3.63) is 82.0 Å². The maximum absolute atomic E-state index is 15.9. The predicted molar refractivity (Wildman–Crippen MR) is 169 cm³/mol. The topological polar surface area (TPSA) is 82.9 Å². The monoisotopic (exact) mass is 598 g/mol. The molecule has 2 fully saturated rings. The van der Waals surface area contributed by atoms with E-state index in [9.17, 15) is 4.79 Å². The first-order valence-electron chi connectivity index (χ1n) is 15.6. The third-order valence-corrected chi connectivity index (χ3v) is 9.22. The summed E-state index contributed by atoms with van der Waals surface area (Å²) in [5, 5.41) is 0.386. The van der Waals surface area contributed by atoms with Gasteiger partial charge in [0, 0.05) is 94.4 Å². The van der Waals surface area contributed by atoms with E-state index in [2.05, 4.69) is 52.2 Å². The number of anilines is 2. The summed E-state index contributed by atoms with van der Waals surface area (Å²) in [5.74, 6) is 0.970. The van der Waals surface area contributed by atoms with Gasteiger partial charge in [0.1, 0.15) is 18.1 Å². The molecular formula is C33H39FN8O2. The molecule has 11 heteroatoms. The fourth-order valence-corrected chi connectivity index (χ4v) is 6.93. The van der Waals surface area contributed by atoms with E-state index in [4.69, 9.17) is 4.74 Å². The highest BCUT2D eigenvalue weighted by Crippen LogP contribution is 2.40. The predicted octanol–water partition coefficient (Wildman–Crippen LogP) is 3.45.